The van der Waals surface area contributed by atoms with Crippen LogP contribution in [0.25, 0.3) is 43.8 Å². The van der Waals surface area contributed by atoms with Gasteiger partial charge in [-0.15, -0.1) is 0 Å². The van der Waals surface area contributed by atoms with Crippen molar-refractivity contribution in [1.29, 1.82) is 0 Å². The second-order valence-corrected chi connectivity index (χ2v) is 31.5. The third-order valence-electron chi connectivity index (χ3n) is 19.9. The molecule has 0 spiro atoms. The molecule has 1 atom stereocenters. The highest BCUT2D eigenvalue weighted by Gasteiger charge is 2.50. The number of hydrogen-bond donors (Lipinski definition) is 0. The number of benzene rings is 12. The molecule has 4 nitrogen and oxygen atoms in total. The van der Waals surface area contributed by atoms with Crippen LogP contribution in [0.15, 0.2) is 271 Å². The summed E-state index contributed by atoms with van der Waals surface area (Å²) in [5.41, 5.74) is 23.6. The van der Waals surface area contributed by atoms with Crippen LogP contribution in [0.2, 0.25) is 0 Å². The molecule has 4 heteroatoms. The van der Waals surface area contributed by atoms with E-state index in [1.54, 1.807) is 0 Å². The average Bonchev–Trinajstić information content (AvgIpc) is 1.51. The van der Waals surface area contributed by atoms with E-state index < -0.39 is 5.41 Å². The van der Waals surface area contributed by atoms with Crippen LogP contribution < -0.4 is 14.7 Å². The monoisotopic (exact) mass is 1240 g/mol. The van der Waals surface area contributed by atoms with Crippen molar-refractivity contribution in [2.75, 3.05) is 14.7 Å². The zero-order valence-electron chi connectivity index (χ0n) is 58.2. The van der Waals surface area contributed by atoms with E-state index in [0.29, 0.717) is 0 Å². The Labute approximate surface area is 564 Å². The van der Waals surface area contributed by atoms with Gasteiger partial charge in [-0.25, -0.2) is 0 Å². The van der Waals surface area contributed by atoms with E-state index >= 15 is 0 Å². The molecule has 0 N–H and O–H groups in total. The Kier molecular flexibility index (Phi) is 15.3. The summed E-state index contributed by atoms with van der Waals surface area (Å²) >= 11 is 0. The summed E-state index contributed by atoms with van der Waals surface area (Å²) in [5, 5.41) is 4.47. The zero-order chi connectivity index (χ0) is 66.6. The number of para-hydroxylation sites is 3. The highest BCUT2D eigenvalue weighted by molar-refractivity contribution is 6.23. The third-order valence-corrected chi connectivity index (χ3v) is 19.9. The summed E-state index contributed by atoms with van der Waals surface area (Å²) in [5.74, 6) is 0. The Morgan fingerprint density at radius 3 is 0.968 bits per heavy atom. The van der Waals surface area contributed by atoms with Crippen molar-refractivity contribution < 1.29 is 4.42 Å². The molecule has 12 aromatic carbocycles. The summed E-state index contributed by atoms with van der Waals surface area (Å²) in [6, 6.07) is 101. The molecule has 0 fully saturated rings. The molecule has 1 unspecified atom stereocenters. The van der Waals surface area contributed by atoms with Crippen molar-refractivity contribution in [3.05, 3.63) is 317 Å². The number of anilines is 9. The van der Waals surface area contributed by atoms with Gasteiger partial charge in [-0.2, -0.15) is 0 Å². The van der Waals surface area contributed by atoms with E-state index in [9.17, 15) is 0 Å². The van der Waals surface area contributed by atoms with E-state index in [0.717, 1.165) is 84.1 Å². The van der Waals surface area contributed by atoms with Gasteiger partial charge < -0.3 is 19.1 Å². The quantitative estimate of drug-likeness (QED) is 0.129. The number of hydrogen-bond acceptors (Lipinski definition) is 4. The van der Waals surface area contributed by atoms with Crippen LogP contribution in [-0.2, 0) is 32.5 Å². The molecule has 0 saturated carbocycles. The maximum atomic E-state index is 7.50. The first-order valence-electron chi connectivity index (χ1n) is 34.0. The molecule has 13 aromatic rings. The fourth-order valence-corrected chi connectivity index (χ4v) is 14.6. The first kappa shape index (κ1) is 62.5. The summed E-state index contributed by atoms with van der Waals surface area (Å²) in [6.45, 7) is 34.4. The van der Waals surface area contributed by atoms with Gasteiger partial charge in [-0.1, -0.05) is 268 Å². The maximum Gasteiger partial charge on any atom is 0.160 e. The van der Waals surface area contributed by atoms with Crippen molar-refractivity contribution in [3.8, 4) is 11.1 Å². The lowest BCUT2D eigenvalue weighted by Gasteiger charge is -2.37. The molecule has 1 heterocycles. The maximum absolute atomic E-state index is 7.50. The van der Waals surface area contributed by atoms with Crippen LogP contribution in [0.1, 0.15) is 154 Å². The van der Waals surface area contributed by atoms with Crippen LogP contribution in [0.4, 0.5) is 51.2 Å². The van der Waals surface area contributed by atoms with Crippen molar-refractivity contribution in [2.45, 2.75) is 136 Å². The molecule has 14 rings (SSSR count). The zero-order valence-corrected chi connectivity index (χ0v) is 58.2. The van der Waals surface area contributed by atoms with Gasteiger partial charge in [0.25, 0.3) is 0 Å². The molecule has 474 valence electrons. The highest BCUT2D eigenvalue weighted by Crippen LogP contribution is 2.64. The fraction of sp³-hybridized carbons (Fsp3) is 0.231. The van der Waals surface area contributed by atoms with Crippen molar-refractivity contribution >= 4 is 83.9 Å². The summed E-state index contributed by atoms with van der Waals surface area (Å²) in [7, 11) is 0. The topological polar surface area (TPSA) is 22.9 Å². The van der Waals surface area contributed by atoms with Gasteiger partial charge in [-0.05, 0) is 197 Å². The SMILES string of the molecule is CC(C)(C)c1ccc(N(c2ccc(C(C)(C)C)cc2)c2ccc(C3(c4ccc(C(C)(C)C)cc4)c4cc(N(c5ccccc5)c5ccc(C(C)(C)C)cc5)c5ccccc5c4-c4c3cc(N(c3ccccc3)c3ccc(C(C)(C)C)cc3)c3oc5ccccc5c43)cc2)cc1. The lowest BCUT2D eigenvalue weighted by atomic mass is 9.66. The Morgan fingerprint density at radius 1 is 0.263 bits per heavy atom. The van der Waals surface area contributed by atoms with Gasteiger partial charge in [-0.3, -0.25) is 0 Å². The second kappa shape index (κ2) is 23.2. The van der Waals surface area contributed by atoms with E-state index in [-0.39, 0.29) is 27.1 Å². The largest absolute Gasteiger partial charge is 0.454 e. The number of rotatable bonds is 11. The standard InChI is InChI=1S/C91H89N3O/c1-86(2,3)60-34-36-65(37-35-60)91(66-46-56-71(57-47-66)92(69-48-38-61(39-49-69)87(4,5)6)70-50-40-62(41-51-70)88(7,8)9)77-58-79(93(67-26-18-16-19-27-67)72-52-42-63(43-53-72)89(10,11)12)74-30-22-23-31-75(74)82(77)84-78(91)59-80(85-83(84)76-32-24-25-33-81(76)95-85)94(68-28-20-17-21-29-68)73-54-44-64(45-55-73)90(13,14)15/h16-59H,1-15H3. The van der Waals surface area contributed by atoms with Gasteiger partial charge in [0.2, 0.25) is 0 Å². The van der Waals surface area contributed by atoms with Gasteiger partial charge in [0.1, 0.15) is 5.58 Å². The fourth-order valence-electron chi connectivity index (χ4n) is 14.6. The number of furan rings is 1. The molecule has 0 bridgehead atoms. The lowest BCUT2D eigenvalue weighted by molar-refractivity contribution is 0.589. The Hall–Kier alpha value is -9.90. The van der Waals surface area contributed by atoms with Crippen LogP contribution in [0, 0.1) is 0 Å². The predicted molar refractivity (Wildman–Crippen MR) is 406 cm³/mol. The number of fused-ring (bicyclic) bond motifs is 9. The molecule has 0 saturated heterocycles. The molecule has 1 aromatic heterocycles. The first-order chi connectivity index (χ1) is 45.3. The van der Waals surface area contributed by atoms with E-state index in [1.165, 1.54) is 61.0 Å². The first-order valence-corrected chi connectivity index (χ1v) is 34.0. The van der Waals surface area contributed by atoms with Gasteiger partial charge >= 0.3 is 0 Å². The van der Waals surface area contributed by atoms with Crippen LogP contribution in [0.5, 0.6) is 0 Å². The molecule has 95 heavy (non-hydrogen) atoms. The molecule has 0 amide bonds. The van der Waals surface area contributed by atoms with Crippen molar-refractivity contribution in [3.63, 3.8) is 0 Å². The van der Waals surface area contributed by atoms with Gasteiger partial charge in [0.15, 0.2) is 5.58 Å². The Bertz CT molecular complexity index is 4890. The summed E-state index contributed by atoms with van der Waals surface area (Å²) in [4.78, 5) is 7.36. The lowest BCUT2D eigenvalue weighted by Crippen LogP contribution is -2.29. The minimum Gasteiger partial charge on any atom is -0.454 e. The van der Waals surface area contributed by atoms with E-state index in [4.69, 9.17) is 4.42 Å². The molecule has 0 radical (unpaired) electrons. The predicted octanol–water partition coefficient (Wildman–Crippen LogP) is 26.0. The van der Waals surface area contributed by atoms with Crippen LogP contribution >= 0.6 is 0 Å². The smallest absolute Gasteiger partial charge is 0.160 e. The molecule has 0 aliphatic heterocycles. The molecular weight excluding hydrogens is 1150 g/mol. The summed E-state index contributed by atoms with van der Waals surface area (Å²) < 4.78 is 7.50. The average molecular weight is 1240 g/mol. The molecule has 1 aliphatic carbocycles. The van der Waals surface area contributed by atoms with Gasteiger partial charge in [0.05, 0.1) is 16.8 Å². The van der Waals surface area contributed by atoms with Crippen molar-refractivity contribution in [2.24, 2.45) is 0 Å². The van der Waals surface area contributed by atoms with Gasteiger partial charge in [0, 0.05) is 56.0 Å². The van der Waals surface area contributed by atoms with E-state index in [2.05, 4.69) is 385 Å². The minimum atomic E-state index is -0.954. The second-order valence-electron chi connectivity index (χ2n) is 31.5. The highest BCUT2D eigenvalue weighted by atomic mass is 16.3. The van der Waals surface area contributed by atoms with Crippen LogP contribution in [0.3, 0.4) is 0 Å². The Morgan fingerprint density at radius 2 is 0.558 bits per heavy atom. The van der Waals surface area contributed by atoms with Crippen molar-refractivity contribution in [1.82, 2.24) is 0 Å². The third kappa shape index (κ3) is 11.1. The molecule has 1 aliphatic rings. The minimum absolute atomic E-state index is 0.00394. The molecular formula is C91H89N3O. The normalized spacial score (nSPS) is 14.3. The number of nitrogens with zero attached hydrogens (tertiary/aromatic N) is 3. The Balaban J connectivity index is 1.14. The summed E-state index contributed by atoms with van der Waals surface area (Å²) in [6.07, 6.45) is 0. The van der Waals surface area contributed by atoms with E-state index in [1.807, 2.05) is 0 Å². The van der Waals surface area contributed by atoms with Crippen LogP contribution in [-0.4, -0.2) is 0 Å².